The van der Waals surface area contributed by atoms with E-state index in [2.05, 4.69) is 42.8 Å². The number of rotatable bonds is 4. The van der Waals surface area contributed by atoms with Gasteiger partial charge in [-0.2, -0.15) is 11.3 Å². The van der Waals surface area contributed by atoms with Crippen molar-refractivity contribution in [2.45, 2.75) is 32.6 Å². The molecule has 1 unspecified atom stereocenters. The van der Waals surface area contributed by atoms with E-state index in [1.54, 1.807) is 11.3 Å². The van der Waals surface area contributed by atoms with E-state index < -0.39 is 0 Å². The number of hydrogen-bond donors (Lipinski definition) is 0. The van der Waals surface area contributed by atoms with Gasteiger partial charge in [0, 0.05) is 9.75 Å². The molecule has 1 atom stereocenters. The molecule has 0 bridgehead atoms. The van der Waals surface area contributed by atoms with Crippen molar-refractivity contribution in [3.63, 3.8) is 0 Å². The van der Waals surface area contributed by atoms with Gasteiger partial charge in [0.15, 0.2) is 0 Å². The maximum Gasteiger partial charge on any atom is 0.00541 e. The molecule has 2 aromatic heterocycles. The number of hydrogen-bond acceptors (Lipinski definition) is 2. The van der Waals surface area contributed by atoms with Gasteiger partial charge < -0.3 is 0 Å². The summed E-state index contributed by atoms with van der Waals surface area (Å²) in [6, 6.07) is 6.79. The van der Waals surface area contributed by atoms with E-state index in [4.69, 9.17) is 0 Å². The first-order chi connectivity index (χ1) is 7.29. The Morgan fingerprint density at radius 3 is 2.60 bits per heavy atom. The Kier molecular flexibility index (Phi) is 3.60. The van der Waals surface area contributed by atoms with Gasteiger partial charge in [-0.1, -0.05) is 13.8 Å². The van der Waals surface area contributed by atoms with Crippen molar-refractivity contribution in [1.82, 2.24) is 0 Å². The van der Waals surface area contributed by atoms with Crippen molar-refractivity contribution < 1.29 is 0 Å². The lowest BCUT2D eigenvalue weighted by Crippen LogP contribution is -1.94. The fourth-order valence-electron chi connectivity index (χ4n) is 1.70. The largest absolute Gasteiger partial charge is 0.152 e. The molecule has 2 heterocycles. The fourth-order valence-corrected chi connectivity index (χ4v) is 3.57. The lowest BCUT2D eigenvalue weighted by atomic mass is 10.0. The minimum absolute atomic E-state index is 0.652. The maximum atomic E-state index is 2.31. The van der Waals surface area contributed by atoms with E-state index in [1.807, 2.05) is 11.3 Å². The third-order valence-corrected chi connectivity index (χ3v) is 4.64. The third-order valence-electron chi connectivity index (χ3n) is 2.69. The van der Waals surface area contributed by atoms with E-state index in [-0.39, 0.29) is 0 Å². The van der Waals surface area contributed by atoms with Crippen LogP contribution in [0.25, 0.3) is 0 Å². The van der Waals surface area contributed by atoms with Crippen LogP contribution in [0.5, 0.6) is 0 Å². The lowest BCUT2D eigenvalue weighted by molar-refractivity contribution is 0.772. The Morgan fingerprint density at radius 1 is 1.20 bits per heavy atom. The van der Waals surface area contributed by atoms with E-state index in [9.17, 15) is 0 Å². The molecular formula is C13H16S2. The highest BCUT2D eigenvalue weighted by atomic mass is 32.1. The quantitative estimate of drug-likeness (QED) is 0.720. The van der Waals surface area contributed by atoms with Crippen LogP contribution < -0.4 is 0 Å². The van der Waals surface area contributed by atoms with Crippen LogP contribution in [-0.2, 0) is 12.8 Å². The molecule has 80 valence electrons. The van der Waals surface area contributed by atoms with Crippen LogP contribution in [0.15, 0.2) is 29.0 Å². The zero-order valence-corrected chi connectivity index (χ0v) is 10.8. The van der Waals surface area contributed by atoms with Crippen LogP contribution in [0.1, 0.15) is 35.1 Å². The highest BCUT2D eigenvalue weighted by Gasteiger charge is 2.08. The van der Waals surface area contributed by atoms with E-state index >= 15 is 0 Å². The molecule has 0 aliphatic carbocycles. The average Bonchev–Trinajstić information content (AvgIpc) is 2.87. The number of aryl methyl sites for hydroxylation is 1. The van der Waals surface area contributed by atoms with Crippen molar-refractivity contribution >= 4 is 22.7 Å². The molecule has 0 saturated heterocycles. The summed E-state index contributed by atoms with van der Waals surface area (Å²) >= 11 is 3.75. The number of thiophene rings is 2. The Bertz CT molecular complexity index is 398. The van der Waals surface area contributed by atoms with Gasteiger partial charge in [0.2, 0.25) is 0 Å². The van der Waals surface area contributed by atoms with Crippen LogP contribution in [0, 0.1) is 0 Å². The van der Waals surface area contributed by atoms with Gasteiger partial charge in [0.05, 0.1) is 0 Å². The lowest BCUT2D eigenvalue weighted by Gasteiger charge is -2.07. The summed E-state index contributed by atoms with van der Waals surface area (Å²) < 4.78 is 0. The average molecular weight is 236 g/mol. The zero-order valence-electron chi connectivity index (χ0n) is 9.19. The SMILES string of the molecule is CCc1ccc(CC(C)c2ccsc2)s1. The first-order valence-electron chi connectivity index (χ1n) is 5.39. The standard InChI is InChI=1S/C13H16S2/c1-3-12-4-5-13(15-12)8-10(2)11-6-7-14-9-11/h4-7,9-10H,3,8H2,1-2H3. The molecule has 2 heteroatoms. The molecule has 0 saturated carbocycles. The Labute approximate surface area is 99.6 Å². The minimum atomic E-state index is 0.652. The highest BCUT2D eigenvalue weighted by molar-refractivity contribution is 7.12. The second-order valence-electron chi connectivity index (χ2n) is 3.88. The first kappa shape index (κ1) is 10.9. The molecule has 0 aromatic carbocycles. The third kappa shape index (κ3) is 2.70. The van der Waals surface area contributed by atoms with Gasteiger partial charge in [0.25, 0.3) is 0 Å². The summed E-state index contributed by atoms with van der Waals surface area (Å²) in [5.41, 5.74) is 1.48. The van der Waals surface area contributed by atoms with Gasteiger partial charge in [-0.05, 0) is 53.3 Å². The Hall–Kier alpha value is -0.600. The van der Waals surface area contributed by atoms with Gasteiger partial charge in [-0.15, -0.1) is 11.3 Å². The molecule has 0 nitrogen and oxygen atoms in total. The monoisotopic (exact) mass is 236 g/mol. The summed E-state index contributed by atoms with van der Waals surface area (Å²) in [4.78, 5) is 3.02. The molecule has 0 N–H and O–H groups in total. The van der Waals surface area contributed by atoms with Crippen LogP contribution >= 0.6 is 22.7 Å². The zero-order chi connectivity index (χ0) is 10.7. The summed E-state index contributed by atoms with van der Waals surface area (Å²) in [6.45, 7) is 4.53. The molecule has 0 amide bonds. The van der Waals surface area contributed by atoms with E-state index in [0.29, 0.717) is 5.92 Å². The predicted octanol–water partition coefficient (Wildman–Crippen LogP) is 4.72. The van der Waals surface area contributed by atoms with Crippen LogP contribution in [0.3, 0.4) is 0 Å². The van der Waals surface area contributed by atoms with Gasteiger partial charge >= 0.3 is 0 Å². The van der Waals surface area contributed by atoms with E-state index in [0.717, 1.165) is 6.42 Å². The molecule has 2 rings (SSSR count). The second-order valence-corrected chi connectivity index (χ2v) is 5.92. The first-order valence-corrected chi connectivity index (χ1v) is 7.15. The van der Waals surface area contributed by atoms with Crippen LogP contribution in [-0.4, -0.2) is 0 Å². The summed E-state index contributed by atoms with van der Waals surface area (Å²) in [5.74, 6) is 0.652. The normalized spacial score (nSPS) is 12.9. The maximum absolute atomic E-state index is 2.31. The summed E-state index contributed by atoms with van der Waals surface area (Å²) in [6.07, 6.45) is 2.35. The predicted molar refractivity (Wildman–Crippen MR) is 70.1 cm³/mol. The van der Waals surface area contributed by atoms with Gasteiger partial charge in [0.1, 0.15) is 0 Å². The van der Waals surface area contributed by atoms with Crippen molar-refractivity contribution in [3.8, 4) is 0 Å². The van der Waals surface area contributed by atoms with Crippen molar-refractivity contribution in [1.29, 1.82) is 0 Å². The molecule has 0 aliphatic rings. The summed E-state index contributed by atoms with van der Waals surface area (Å²) in [7, 11) is 0. The Balaban J connectivity index is 2.02. The van der Waals surface area contributed by atoms with Crippen LogP contribution in [0.2, 0.25) is 0 Å². The highest BCUT2D eigenvalue weighted by Crippen LogP contribution is 2.26. The molecule has 0 fully saturated rings. The molecule has 2 aromatic rings. The molecule has 0 radical (unpaired) electrons. The molecule has 15 heavy (non-hydrogen) atoms. The topological polar surface area (TPSA) is 0 Å². The Morgan fingerprint density at radius 2 is 2.00 bits per heavy atom. The minimum Gasteiger partial charge on any atom is -0.152 e. The smallest absolute Gasteiger partial charge is 0.00541 e. The molecule has 0 spiro atoms. The second kappa shape index (κ2) is 4.95. The van der Waals surface area contributed by atoms with E-state index in [1.165, 1.54) is 21.7 Å². The van der Waals surface area contributed by atoms with Gasteiger partial charge in [-0.25, -0.2) is 0 Å². The van der Waals surface area contributed by atoms with Gasteiger partial charge in [-0.3, -0.25) is 0 Å². The van der Waals surface area contributed by atoms with Crippen molar-refractivity contribution in [2.24, 2.45) is 0 Å². The molecule has 0 aliphatic heterocycles. The fraction of sp³-hybridized carbons (Fsp3) is 0.385. The van der Waals surface area contributed by atoms with Crippen LogP contribution in [0.4, 0.5) is 0 Å². The van der Waals surface area contributed by atoms with Crippen molar-refractivity contribution in [2.75, 3.05) is 0 Å². The van der Waals surface area contributed by atoms with Crippen molar-refractivity contribution in [3.05, 3.63) is 44.3 Å². The summed E-state index contributed by atoms with van der Waals surface area (Å²) in [5, 5.41) is 4.43. The molecular weight excluding hydrogens is 220 g/mol.